The first-order valence-corrected chi connectivity index (χ1v) is 5.27. The molecule has 0 spiro atoms. The molecule has 2 nitrogen and oxygen atoms in total. The Balaban J connectivity index is 2.86. The van der Waals surface area contributed by atoms with Crippen LogP contribution in [0.5, 0.6) is 0 Å². The van der Waals surface area contributed by atoms with Gasteiger partial charge in [-0.15, -0.1) is 0 Å². The highest BCUT2D eigenvalue weighted by Gasteiger charge is 2.14. The summed E-state index contributed by atoms with van der Waals surface area (Å²) >= 11 is 5.88. The summed E-state index contributed by atoms with van der Waals surface area (Å²) in [4.78, 5) is 0. The van der Waals surface area contributed by atoms with Crippen LogP contribution in [0, 0.1) is 5.82 Å². The van der Waals surface area contributed by atoms with Gasteiger partial charge in [-0.25, -0.2) is 4.39 Å². The van der Waals surface area contributed by atoms with Crippen LogP contribution in [0.1, 0.15) is 18.5 Å². The van der Waals surface area contributed by atoms with Crippen LogP contribution in [0.15, 0.2) is 18.2 Å². The predicted octanol–water partition coefficient (Wildman–Crippen LogP) is 2.78. The maximum Gasteiger partial charge on any atom is 0.142 e. The SMILES string of the molecule is CCOCC(NC)c1cccc(F)c1Cl. The van der Waals surface area contributed by atoms with Crippen LogP contribution in [0.4, 0.5) is 4.39 Å². The Morgan fingerprint density at radius 3 is 2.87 bits per heavy atom. The second kappa shape index (κ2) is 6.05. The van der Waals surface area contributed by atoms with Crippen LogP contribution in [-0.2, 0) is 4.74 Å². The van der Waals surface area contributed by atoms with Crippen LogP contribution < -0.4 is 5.32 Å². The molecule has 0 aliphatic rings. The first-order chi connectivity index (χ1) is 7.20. The summed E-state index contributed by atoms with van der Waals surface area (Å²) in [7, 11) is 1.80. The normalized spacial score (nSPS) is 12.8. The number of hydrogen-bond acceptors (Lipinski definition) is 2. The highest BCUT2D eigenvalue weighted by Crippen LogP contribution is 2.25. The molecule has 15 heavy (non-hydrogen) atoms. The summed E-state index contributed by atoms with van der Waals surface area (Å²) in [6.45, 7) is 3.03. The van der Waals surface area contributed by atoms with E-state index in [4.69, 9.17) is 16.3 Å². The van der Waals surface area contributed by atoms with Gasteiger partial charge in [0.2, 0.25) is 0 Å². The molecule has 0 amide bonds. The number of rotatable bonds is 5. The molecule has 0 heterocycles. The van der Waals surface area contributed by atoms with Gasteiger partial charge in [-0.05, 0) is 25.6 Å². The van der Waals surface area contributed by atoms with Gasteiger partial charge in [0.05, 0.1) is 17.7 Å². The minimum atomic E-state index is -0.397. The van der Waals surface area contributed by atoms with Gasteiger partial charge in [-0.3, -0.25) is 0 Å². The second-order valence-corrected chi connectivity index (χ2v) is 3.52. The van der Waals surface area contributed by atoms with Gasteiger partial charge < -0.3 is 10.1 Å². The molecule has 0 saturated carbocycles. The Bertz CT molecular complexity index is 319. The van der Waals surface area contributed by atoms with Crippen LogP contribution in [0.3, 0.4) is 0 Å². The Morgan fingerprint density at radius 1 is 1.53 bits per heavy atom. The van der Waals surface area contributed by atoms with Gasteiger partial charge in [-0.2, -0.15) is 0 Å². The minimum absolute atomic E-state index is 0.0758. The quantitative estimate of drug-likeness (QED) is 0.842. The van der Waals surface area contributed by atoms with Gasteiger partial charge in [-0.1, -0.05) is 23.7 Å². The Kier molecular flexibility index (Phi) is 5.02. The number of halogens is 2. The highest BCUT2D eigenvalue weighted by molar-refractivity contribution is 6.31. The second-order valence-electron chi connectivity index (χ2n) is 3.14. The molecule has 1 N–H and O–H groups in total. The molecule has 1 unspecified atom stereocenters. The van der Waals surface area contributed by atoms with Gasteiger partial charge in [0.25, 0.3) is 0 Å². The van der Waals surface area contributed by atoms with E-state index in [1.54, 1.807) is 19.2 Å². The lowest BCUT2D eigenvalue weighted by Gasteiger charge is -2.17. The van der Waals surface area contributed by atoms with E-state index >= 15 is 0 Å². The number of benzene rings is 1. The third kappa shape index (κ3) is 3.16. The largest absolute Gasteiger partial charge is 0.380 e. The third-order valence-corrected chi connectivity index (χ3v) is 2.59. The van der Waals surface area contributed by atoms with Crippen molar-refractivity contribution in [2.24, 2.45) is 0 Å². The number of ether oxygens (including phenoxy) is 1. The van der Waals surface area contributed by atoms with Gasteiger partial charge in [0.15, 0.2) is 0 Å². The topological polar surface area (TPSA) is 21.3 Å². The van der Waals surface area contributed by atoms with Crippen LogP contribution in [0.25, 0.3) is 0 Å². The number of nitrogens with one attached hydrogen (secondary N) is 1. The van der Waals surface area contributed by atoms with Crippen molar-refractivity contribution in [1.29, 1.82) is 0 Å². The number of hydrogen-bond donors (Lipinski definition) is 1. The standard InChI is InChI=1S/C11H15ClFNO/c1-3-15-7-10(14-2)8-5-4-6-9(13)11(8)12/h4-6,10,14H,3,7H2,1-2H3. The molecule has 0 fully saturated rings. The molecule has 0 aromatic heterocycles. The van der Waals surface area contributed by atoms with E-state index in [1.165, 1.54) is 6.07 Å². The van der Waals surface area contributed by atoms with E-state index in [0.717, 1.165) is 5.56 Å². The zero-order chi connectivity index (χ0) is 11.3. The molecule has 0 bridgehead atoms. The van der Waals surface area contributed by atoms with Crippen molar-refractivity contribution in [2.45, 2.75) is 13.0 Å². The molecule has 0 radical (unpaired) electrons. The van der Waals surface area contributed by atoms with E-state index in [-0.39, 0.29) is 11.1 Å². The lowest BCUT2D eigenvalue weighted by molar-refractivity contribution is 0.125. The summed E-state index contributed by atoms with van der Waals surface area (Å²) < 4.78 is 18.5. The molecular weight excluding hydrogens is 217 g/mol. The highest BCUT2D eigenvalue weighted by atomic mass is 35.5. The third-order valence-electron chi connectivity index (χ3n) is 2.19. The smallest absolute Gasteiger partial charge is 0.142 e. The summed E-state index contributed by atoms with van der Waals surface area (Å²) in [5, 5.41) is 3.21. The Morgan fingerprint density at radius 2 is 2.27 bits per heavy atom. The molecule has 1 atom stereocenters. The molecule has 84 valence electrons. The van der Waals surface area contributed by atoms with Crippen molar-refractivity contribution >= 4 is 11.6 Å². The summed E-state index contributed by atoms with van der Waals surface area (Å²) in [5.74, 6) is -0.397. The lowest BCUT2D eigenvalue weighted by atomic mass is 10.1. The van der Waals surface area contributed by atoms with E-state index in [0.29, 0.717) is 13.2 Å². The van der Waals surface area contributed by atoms with Crippen LogP contribution in [0.2, 0.25) is 5.02 Å². The van der Waals surface area contributed by atoms with Crippen molar-refractivity contribution < 1.29 is 9.13 Å². The van der Waals surface area contributed by atoms with Crippen molar-refractivity contribution in [3.63, 3.8) is 0 Å². The van der Waals surface area contributed by atoms with E-state index in [9.17, 15) is 4.39 Å². The Hall–Kier alpha value is -0.640. The average Bonchev–Trinajstić information content (AvgIpc) is 2.25. The molecule has 1 rings (SSSR count). The van der Waals surface area contributed by atoms with Gasteiger partial charge >= 0.3 is 0 Å². The zero-order valence-electron chi connectivity index (χ0n) is 8.89. The monoisotopic (exact) mass is 231 g/mol. The summed E-state index contributed by atoms with van der Waals surface area (Å²) in [5.41, 5.74) is 0.729. The van der Waals surface area contributed by atoms with E-state index in [1.807, 2.05) is 6.92 Å². The fourth-order valence-corrected chi connectivity index (χ4v) is 1.61. The van der Waals surface area contributed by atoms with E-state index in [2.05, 4.69) is 5.32 Å². The van der Waals surface area contributed by atoms with Crippen molar-refractivity contribution in [1.82, 2.24) is 5.32 Å². The summed E-state index contributed by atoms with van der Waals surface area (Å²) in [6, 6.07) is 4.71. The maximum atomic E-state index is 13.2. The molecule has 1 aromatic carbocycles. The molecule has 1 aromatic rings. The van der Waals surface area contributed by atoms with Crippen molar-refractivity contribution in [3.05, 3.63) is 34.6 Å². The molecular formula is C11H15ClFNO. The zero-order valence-corrected chi connectivity index (χ0v) is 9.64. The van der Waals surface area contributed by atoms with Crippen molar-refractivity contribution in [2.75, 3.05) is 20.3 Å². The van der Waals surface area contributed by atoms with Gasteiger partial charge in [0, 0.05) is 6.61 Å². The summed E-state index contributed by atoms with van der Waals surface area (Å²) in [6.07, 6.45) is 0. The van der Waals surface area contributed by atoms with Gasteiger partial charge in [0.1, 0.15) is 5.82 Å². The van der Waals surface area contributed by atoms with E-state index < -0.39 is 5.82 Å². The minimum Gasteiger partial charge on any atom is -0.380 e. The molecule has 0 saturated heterocycles. The van der Waals surface area contributed by atoms with Crippen LogP contribution >= 0.6 is 11.6 Å². The average molecular weight is 232 g/mol. The Labute approximate surface area is 94.4 Å². The fourth-order valence-electron chi connectivity index (χ4n) is 1.35. The van der Waals surface area contributed by atoms with Crippen LogP contribution in [-0.4, -0.2) is 20.3 Å². The molecule has 0 aliphatic heterocycles. The molecule has 0 aliphatic carbocycles. The number of likely N-dealkylation sites (N-methyl/N-ethyl adjacent to an activating group) is 1. The first kappa shape index (κ1) is 12.4. The van der Waals surface area contributed by atoms with Crippen molar-refractivity contribution in [3.8, 4) is 0 Å². The maximum absolute atomic E-state index is 13.2. The lowest BCUT2D eigenvalue weighted by Crippen LogP contribution is -2.22. The fraction of sp³-hybridized carbons (Fsp3) is 0.455. The predicted molar refractivity (Wildman–Crippen MR) is 59.7 cm³/mol. The molecule has 4 heteroatoms. The first-order valence-electron chi connectivity index (χ1n) is 4.89.